The molecule has 1 aliphatic heterocycles. The highest BCUT2D eigenvalue weighted by atomic mass is 16.7. The quantitative estimate of drug-likeness (QED) is 0.401. The maximum absolute atomic E-state index is 10.6. The van der Waals surface area contributed by atoms with Gasteiger partial charge >= 0.3 is 7.12 Å². The lowest BCUT2D eigenvalue weighted by Crippen LogP contribution is -2.41. The number of carbonyl (C=O) groups is 1. The van der Waals surface area contributed by atoms with Crippen LogP contribution in [0.4, 0.5) is 0 Å². The van der Waals surface area contributed by atoms with Gasteiger partial charge in [-0.05, 0) is 33.9 Å². The van der Waals surface area contributed by atoms with E-state index in [1.165, 1.54) is 6.20 Å². The maximum atomic E-state index is 10.6. The molecule has 0 aromatic carbocycles. The number of nitrogens with two attached hydrogens (primary N) is 1. The molecule has 1 fully saturated rings. The average molecular weight is 197 g/mol. The van der Waals surface area contributed by atoms with Gasteiger partial charge in [-0.25, -0.2) is 0 Å². The molecule has 0 bridgehead atoms. The number of rotatable bonds is 2. The molecule has 78 valence electrons. The molecule has 1 rings (SSSR count). The van der Waals surface area contributed by atoms with Crippen LogP contribution < -0.4 is 5.73 Å². The van der Waals surface area contributed by atoms with E-state index in [2.05, 4.69) is 0 Å². The monoisotopic (exact) mass is 197 g/mol. The fourth-order valence-electron chi connectivity index (χ4n) is 1.15. The van der Waals surface area contributed by atoms with E-state index >= 15 is 0 Å². The zero-order valence-corrected chi connectivity index (χ0v) is 9.03. The van der Waals surface area contributed by atoms with E-state index in [9.17, 15) is 4.79 Å². The van der Waals surface area contributed by atoms with Gasteiger partial charge in [-0.1, -0.05) is 0 Å². The number of carbonyl (C=O) groups excluding carboxylic acids is 1. The lowest BCUT2D eigenvalue weighted by molar-refractivity contribution is -0.104. The van der Waals surface area contributed by atoms with Crippen molar-refractivity contribution in [2.24, 2.45) is 5.73 Å². The summed E-state index contributed by atoms with van der Waals surface area (Å²) in [7, 11) is -0.650. The number of hydrogen-bond acceptors (Lipinski definition) is 4. The van der Waals surface area contributed by atoms with Crippen LogP contribution in [0.25, 0.3) is 0 Å². The first-order valence-corrected chi connectivity index (χ1v) is 4.56. The van der Waals surface area contributed by atoms with E-state index in [1.807, 2.05) is 27.7 Å². The molecule has 1 saturated heterocycles. The van der Waals surface area contributed by atoms with Crippen LogP contribution in [0.5, 0.6) is 0 Å². The second-order valence-electron chi connectivity index (χ2n) is 4.37. The standard InChI is InChI=1S/C9H16BNO3/c1-8(2)9(3,4)14-10(13-8)7(5-11)6-12/h5-6H,11H2,1-4H3/b7-5+. The van der Waals surface area contributed by atoms with Gasteiger partial charge in [0.15, 0.2) is 0 Å². The zero-order valence-electron chi connectivity index (χ0n) is 9.03. The summed E-state index contributed by atoms with van der Waals surface area (Å²) in [5, 5.41) is 0. The van der Waals surface area contributed by atoms with Crippen LogP contribution in [-0.4, -0.2) is 24.6 Å². The van der Waals surface area contributed by atoms with Crippen LogP contribution in [-0.2, 0) is 14.1 Å². The number of allylic oxidation sites excluding steroid dienone is 1. The summed E-state index contributed by atoms with van der Waals surface area (Å²) in [5.74, 6) is 0. The van der Waals surface area contributed by atoms with Crippen molar-refractivity contribution in [1.82, 2.24) is 0 Å². The van der Waals surface area contributed by atoms with E-state index in [1.54, 1.807) is 0 Å². The molecular formula is C9H16BNO3. The average Bonchev–Trinajstić information content (AvgIpc) is 2.23. The minimum atomic E-state index is -0.650. The Bertz CT molecular complexity index is 257. The Morgan fingerprint density at radius 2 is 1.64 bits per heavy atom. The Morgan fingerprint density at radius 1 is 1.21 bits per heavy atom. The first-order chi connectivity index (χ1) is 6.34. The highest BCUT2D eigenvalue weighted by molar-refractivity contribution is 6.60. The SMILES string of the molecule is CC1(C)OB(/C(C=O)=C/N)OC1(C)C. The van der Waals surface area contributed by atoms with Gasteiger partial charge in [-0.2, -0.15) is 0 Å². The Hall–Kier alpha value is -0.805. The van der Waals surface area contributed by atoms with Gasteiger partial charge in [0.2, 0.25) is 0 Å². The van der Waals surface area contributed by atoms with Gasteiger partial charge in [0, 0.05) is 5.47 Å². The van der Waals surface area contributed by atoms with Gasteiger partial charge < -0.3 is 15.0 Å². The highest BCUT2D eigenvalue weighted by Gasteiger charge is 2.52. The molecule has 0 radical (unpaired) electrons. The van der Waals surface area contributed by atoms with Gasteiger partial charge in [0.05, 0.1) is 11.2 Å². The summed E-state index contributed by atoms with van der Waals surface area (Å²) in [6.45, 7) is 7.69. The summed E-state index contributed by atoms with van der Waals surface area (Å²) in [6, 6.07) is 0. The summed E-state index contributed by atoms with van der Waals surface area (Å²) in [5.41, 5.74) is 4.74. The van der Waals surface area contributed by atoms with Crippen molar-refractivity contribution in [3.05, 3.63) is 11.7 Å². The van der Waals surface area contributed by atoms with E-state index in [-0.39, 0.29) is 0 Å². The van der Waals surface area contributed by atoms with Gasteiger partial charge in [-0.15, -0.1) is 0 Å². The molecule has 1 aliphatic rings. The molecular weight excluding hydrogens is 181 g/mol. The molecule has 0 aliphatic carbocycles. The summed E-state index contributed by atoms with van der Waals surface area (Å²) >= 11 is 0. The van der Waals surface area contributed by atoms with Crippen LogP contribution in [0.3, 0.4) is 0 Å². The fraction of sp³-hybridized carbons (Fsp3) is 0.667. The minimum Gasteiger partial charge on any atom is -0.405 e. The smallest absolute Gasteiger partial charge is 0.405 e. The maximum Gasteiger partial charge on any atom is 0.499 e. The lowest BCUT2D eigenvalue weighted by Gasteiger charge is -2.32. The third-order valence-corrected chi connectivity index (χ3v) is 2.85. The molecule has 4 nitrogen and oxygen atoms in total. The fourth-order valence-corrected chi connectivity index (χ4v) is 1.15. The van der Waals surface area contributed by atoms with Crippen molar-refractivity contribution in [3.8, 4) is 0 Å². The first-order valence-electron chi connectivity index (χ1n) is 4.56. The lowest BCUT2D eigenvalue weighted by atomic mass is 9.80. The number of aldehydes is 1. The van der Waals surface area contributed by atoms with Crippen molar-refractivity contribution in [2.45, 2.75) is 38.9 Å². The van der Waals surface area contributed by atoms with Crippen molar-refractivity contribution < 1.29 is 14.1 Å². The molecule has 0 amide bonds. The Balaban J connectivity index is 2.88. The first kappa shape index (κ1) is 11.3. The zero-order chi connectivity index (χ0) is 11.0. The van der Waals surface area contributed by atoms with Crippen LogP contribution in [0.15, 0.2) is 11.7 Å². The molecule has 0 atom stereocenters. The van der Waals surface area contributed by atoms with E-state index < -0.39 is 18.3 Å². The van der Waals surface area contributed by atoms with Crippen LogP contribution in [0.2, 0.25) is 0 Å². The third-order valence-electron chi connectivity index (χ3n) is 2.85. The van der Waals surface area contributed by atoms with Gasteiger partial charge in [0.1, 0.15) is 6.29 Å². The Morgan fingerprint density at radius 3 is 1.93 bits per heavy atom. The molecule has 0 aromatic heterocycles. The Labute approximate surface area is 84.6 Å². The van der Waals surface area contributed by atoms with E-state index in [0.717, 1.165) is 0 Å². The highest BCUT2D eigenvalue weighted by Crippen LogP contribution is 2.37. The van der Waals surface area contributed by atoms with Crippen molar-refractivity contribution in [3.63, 3.8) is 0 Å². The Kier molecular flexibility index (Phi) is 2.74. The van der Waals surface area contributed by atoms with Crippen molar-refractivity contribution in [1.29, 1.82) is 0 Å². The van der Waals surface area contributed by atoms with Crippen LogP contribution in [0.1, 0.15) is 27.7 Å². The van der Waals surface area contributed by atoms with E-state index in [0.29, 0.717) is 11.8 Å². The minimum absolute atomic E-state index is 0.323. The topological polar surface area (TPSA) is 61.5 Å². The van der Waals surface area contributed by atoms with E-state index in [4.69, 9.17) is 15.0 Å². The molecule has 1 heterocycles. The van der Waals surface area contributed by atoms with Gasteiger partial charge in [-0.3, -0.25) is 4.79 Å². The predicted octanol–water partition coefficient (Wildman–Crippen LogP) is 0.659. The van der Waals surface area contributed by atoms with Crippen LogP contribution >= 0.6 is 0 Å². The molecule has 14 heavy (non-hydrogen) atoms. The molecule has 0 aromatic rings. The molecule has 0 unspecified atom stereocenters. The second kappa shape index (κ2) is 3.40. The molecule has 2 N–H and O–H groups in total. The molecule has 0 saturated carbocycles. The summed E-state index contributed by atoms with van der Waals surface area (Å²) in [4.78, 5) is 10.6. The molecule has 0 spiro atoms. The third kappa shape index (κ3) is 1.70. The predicted molar refractivity (Wildman–Crippen MR) is 54.4 cm³/mol. The normalized spacial score (nSPS) is 25.1. The van der Waals surface area contributed by atoms with Crippen molar-refractivity contribution >= 4 is 13.4 Å². The largest absolute Gasteiger partial charge is 0.499 e. The van der Waals surface area contributed by atoms with Gasteiger partial charge in [0.25, 0.3) is 0 Å². The number of hydrogen-bond donors (Lipinski definition) is 1. The summed E-state index contributed by atoms with van der Waals surface area (Å²) < 4.78 is 11.2. The summed E-state index contributed by atoms with van der Waals surface area (Å²) in [6.07, 6.45) is 1.87. The van der Waals surface area contributed by atoms with Crippen LogP contribution in [0, 0.1) is 0 Å². The second-order valence-corrected chi connectivity index (χ2v) is 4.37. The van der Waals surface area contributed by atoms with Crippen molar-refractivity contribution in [2.75, 3.05) is 0 Å². The molecule has 5 heteroatoms.